The Balaban J connectivity index is 1.93. The standard InChI is InChI=1S/C17H21ClN2/c1-2-8-19-9-10-20-15-7-6-12(18)11-14(15)13-4-3-5-16(19)17(13)20/h6-7,11,16H,2-5,8-10H2,1H3/p+1/t16-/m0/s1. The molecule has 0 saturated heterocycles. The zero-order valence-electron chi connectivity index (χ0n) is 12.1. The maximum Gasteiger partial charge on any atom is 0.129 e. The Morgan fingerprint density at radius 1 is 1.40 bits per heavy atom. The van der Waals surface area contributed by atoms with Crippen LogP contribution in [-0.2, 0) is 13.0 Å². The first-order valence-corrected chi connectivity index (χ1v) is 8.32. The number of aryl methyl sites for hydroxylation is 1. The van der Waals surface area contributed by atoms with Crippen LogP contribution in [0.25, 0.3) is 10.9 Å². The second kappa shape index (κ2) is 4.78. The largest absolute Gasteiger partial charge is 0.334 e. The van der Waals surface area contributed by atoms with Gasteiger partial charge in [-0.1, -0.05) is 18.5 Å². The van der Waals surface area contributed by atoms with Crippen molar-refractivity contribution in [2.45, 2.75) is 45.2 Å². The van der Waals surface area contributed by atoms with Gasteiger partial charge in [-0.05, 0) is 43.0 Å². The number of fused-ring (bicyclic) bond motifs is 3. The van der Waals surface area contributed by atoms with Crippen LogP contribution in [0.4, 0.5) is 0 Å². The maximum absolute atomic E-state index is 6.23. The lowest BCUT2D eigenvalue weighted by molar-refractivity contribution is -0.937. The monoisotopic (exact) mass is 289 g/mol. The van der Waals surface area contributed by atoms with Crippen LogP contribution in [0.15, 0.2) is 18.2 Å². The van der Waals surface area contributed by atoms with Gasteiger partial charge in [0.15, 0.2) is 0 Å². The molecule has 0 radical (unpaired) electrons. The molecule has 3 heteroatoms. The van der Waals surface area contributed by atoms with Crippen molar-refractivity contribution in [3.05, 3.63) is 34.5 Å². The molecule has 20 heavy (non-hydrogen) atoms. The van der Waals surface area contributed by atoms with Gasteiger partial charge >= 0.3 is 0 Å². The summed E-state index contributed by atoms with van der Waals surface area (Å²) in [5.41, 5.74) is 4.62. The van der Waals surface area contributed by atoms with E-state index in [0.717, 1.165) is 11.1 Å². The van der Waals surface area contributed by atoms with Gasteiger partial charge in [0, 0.05) is 22.3 Å². The van der Waals surface area contributed by atoms with Gasteiger partial charge in [-0.3, -0.25) is 0 Å². The van der Waals surface area contributed by atoms with Crippen molar-refractivity contribution >= 4 is 22.5 Å². The Bertz CT molecular complexity index is 659. The Labute approximate surface area is 125 Å². The highest BCUT2D eigenvalue weighted by atomic mass is 35.5. The number of nitrogens with zero attached hydrogens (tertiary/aromatic N) is 1. The highest BCUT2D eigenvalue weighted by Gasteiger charge is 2.37. The van der Waals surface area contributed by atoms with Crippen molar-refractivity contribution in [2.24, 2.45) is 0 Å². The van der Waals surface area contributed by atoms with Crippen molar-refractivity contribution in [2.75, 3.05) is 13.1 Å². The number of aromatic nitrogens is 1. The minimum atomic E-state index is 0.721. The first kappa shape index (κ1) is 12.7. The van der Waals surface area contributed by atoms with E-state index in [0.29, 0.717) is 0 Å². The molecule has 0 bridgehead atoms. The van der Waals surface area contributed by atoms with Crippen LogP contribution in [0, 0.1) is 0 Å². The summed E-state index contributed by atoms with van der Waals surface area (Å²) >= 11 is 6.23. The molecule has 2 nitrogen and oxygen atoms in total. The van der Waals surface area contributed by atoms with Crippen molar-refractivity contribution in [1.82, 2.24) is 4.57 Å². The summed E-state index contributed by atoms with van der Waals surface area (Å²) in [5.74, 6) is 0. The zero-order chi connectivity index (χ0) is 13.7. The molecule has 1 aromatic heterocycles. The molecule has 1 aliphatic heterocycles. The number of nitrogens with one attached hydrogen (secondary N) is 1. The van der Waals surface area contributed by atoms with Gasteiger partial charge in [-0.2, -0.15) is 0 Å². The third-order valence-corrected chi connectivity index (χ3v) is 5.38. The SMILES string of the molecule is CCC[NH+]1CCn2c3c(c4cc(Cl)ccc42)CCC[C@@H]31. The summed E-state index contributed by atoms with van der Waals surface area (Å²) in [6.45, 7) is 6.06. The van der Waals surface area contributed by atoms with E-state index in [1.165, 1.54) is 56.2 Å². The van der Waals surface area contributed by atoms with Crippen LogP contribution in [0.5, 0.6) is 0 Å². The van der Waals surface area contributed by atoms with Crippen LogP contribution < -0.4 is 4.90 Å². The van der Waals surface area contributed by atoms with E-state index in [1.54, 1.807) is 16.2 Å². The average molecular weight is 290 g/mol. The van der Waals surface area contributed by atoms with Crippen LogP contribution >= 0.6 is 11.6 Å². The summed E-state index contributed by atoms with van der Waals surface area (Å²) in [7, 11) is 0. The first-order valence-electron chi connectivity index (χ1n) is 7.94. The van der Waals surface area contributed by atoms with E-state index >= 15 is 0 Å². The van der Waals surface area contributed by atoms with E-state index in [4.69, 9.17) is 11.6 Å². The number of quaternary nitrogens is 1. The van der Waals surface area contributed by atoms with E-state index in [1.807, 2.05) is 6.07 Å². The molecule has 1 unspecified atom stereocenters. The molecule has 0 amide bonds. The van der Waals surface area contributed by atoms with Gasteiger partial charge in [0.1, 0.15) is 6.04 Å². The number of hydrogen-bond acceptors (Lipinski definition) is 0. The fraction of sp³-hybridized carbons (Fsp3) is 0.529. The third-order valence-electron chi connectivity index (χ3n) is 5.14. The molecule has 106 valence electrons. The zero-order valence-corrected chi connectivity index (χ0v) is 12.8. The average Bonchev–Trinajstić information content (AvgIpc) is 2.78. The predicted molar refractivity (Wildman–Crippen MR) is 83.6 cm³/mol. The lowest BCUT2D eigenvalue weighted by Crippen LogP contribution is -3.13. The van der Waals surface area contributed by atoms with E-state index in [2.05, 4.69) is 23.6 Å². The Morgan fingerprint density at radius 3 is 3.15 bits per heavy atom. The van der Waals surface area contributed by atoms with Crippen LogP contribution in [0.1, 0.15) is 43.5 Å². The topological polar surface area (TPSA) is 9.37 Å². The summed E-state index contributed by atoms with van der Waals surface area (Å²) < 4.78 is 2.59. The molecule has 1 aromatic carbocycles. The highest BCUT2D eigenvalue weighted by Crippen LogP contribution is 2.38. The second-order valence-corrected chi connectivity index (χ2v) is 6.72. The molecule has 1 aliphatic carbocycles. The first-order chi connectivity index (χ1) is 9.79. The lowest BCUT2D eigenvalue weighted by Gasteiger charge is -2.36. The molecule has 2 heterocycles. The summed E-state index contributed by atoms with van der Waals surface area (Å²) in [6.07, 6.45) is 5.20. The van der Waals surface area contributed by atoms with Gasteiger partial charge in [-0.15, -0.1) is 0 Å². The number of rotatable bonds is 2. The molecule has 0 saturated carbocycles. The van der Waals surface area contributed by atoms with Gasteiger partial charge in [-0.25, -0.2) is 0 Å². The van der Waals surface area contributed by atoms with E-state index in [-0.39, 0.29) is 0 Å². The Morgan fingerprint density at radius 2 is 2.30 bits per heavy atom. The minimum absolute atomic E-state index is 0.721. The second-order valence-electron chi connectivity index (χ2n) is 6.28. The van der Waals surface area contributed by atoms with Crippen molar-refractivity contribution in [3.63, 3.8) is 0 Å². The third kappa shape index (κ3) is 1.74. The number of hydrogen-bond donors (Lipinski definition) is 1. The fourth-order valence-corrected chi connectivity index (χ4v) is 4.56. The van der Waals surface area contributed by atoms with Crippen molar-refractivity contribution in [1.29, 1.82) is 0 Å². The van der Waals surface area contributed by atoms with Gasteiger partial charge in [0.25, 0.3) is 0 Å². The molecule has 2 atom stereocenters. The molecule has 4 rings (SSSR count). The normalized spacial score (nSPS) is 24.9. The highest BCUT2D eigenvalue weighted by molar-refractivity contribution is 6.31. The molecule has 0 spiro atoms. The van der Waals surface area contributed by atoms with Crippen LogP contribution in [-0.4, -0.2) is 17.7 Å². The maximum atomic E-state index is 6.23. The fourth-order valence-electron chi connectivity index (χ4n) is 4.39. The smallest absolute Gasteiger partial charge is 0.129 e. The molecule has 0 fully saturated rings. The van der Waals surface area contributed by atoms with Crippen molar-refractivity contribution in [3.8, 4) is 0 Å². The molecule has 1 N–H and O–H groups in total. The summed E-state index contributed by atoms with van der Waals surface area (Å²) in [6, 6.07) is 7.16. The van der Waals surface area contributed by atoms with Gasteiger partial charge in [0.2, 0.25) is 0 Å². The minimum Gasteiger partial charge on any atom is -0.334 e. The summed E-state index contributed by atoms with van der Waals surface area (Å²) in [5, 5.41) is 2.28. The molecular weight excluding hydrogens is 268 g/mol. The lowest BCUT2D eigenvalue weighted by atomic mass is 9.89. The van der Waals surface area contributed by atoms with Crippen LogP contribution in [0.2, 0.25) is 5.02 Å². The van der Waals surface area contributed by atoms with Gasteiger partial charge in [0.05, 0.1) is 25.3 Å². The van der Waals surface area contributed by atoms with E-state index in [9.17, 15) is 0 Å². The number of halogens is 1. The predicted octanol–water partition coefficient (Wildman–Crippen LogP) is 2.98. The molecule has 2 aromatic rings. The molecular formula is C17H22ClN2+. The quantitative estimate of drug-likeness (QED) is 0.871. The Hall–Kier alpha value is -0.990. The molecule has 2 aliphatic rings. The van der Waals surface area contributed by atoms with Crippen LogP contribution in [0.3, 0.4) is 0 Å². The number of benzene rings is 1. The van der Waals surface area contributed by atoms with Crippen molar-refractivity contribution < 1.29 is 4.90 Å². The summed E-state index contributed by atoms with van der Waals surface area (Å²) in [4.78, 5) is 1.80. The van der Waals surface area contributed by atoms with Gasteiger partial charge < -0.3 is 9.47 Å². The van der Waals surface area contributed by atoms with E-state index < -0.39 is 0 Å². The Kier molecular flexibility index (Phi) is 3.04.